The number of hydrogen-bond donors (Lipinski definition) is 0. The molecule has 0 N–H and O–H groups in total. The zero-order valence-corrected chi connectivity index (χ0v) is 13.0. The van der Waals surface area contributed by atoms with E-state index in [1.165, 1.54) is 6.20 Å². The molecule has 5 heteroatoms. The minimum atomic E-state index is -1.20. The molecular formula is C13H18ClFN2Si. The maximum Gasteiger partial charge on any atom is 0.160 e. The number of hydrogen-bond acceptors (Lipinski definition) is 1. The molecule has 98 valence electrons. The predicted octanol–water partition coefficient (Wildman–Crippen LogP) is 4.22. The second-order valence-electron chi connectivity index (χ2n) is 5.36. The maximum absolute atomic E-state index is 13.4. The molecule has 2 heterocycles. The van der Waals surface area contributed by atoms with Gasteiger partial charge in [-0.15, -0.1) is 0 Å². The standard InChI is InChI=1S/C13H18ClFN2Si/c1-8(2)18(9(3)4)17-6-5-10-12(14)11(15)7-16-13(10)17/h5-9,18H,1-4H3. The number of halogens is 2. The Kier molecular flexibility index (Phi) is 3.78. The van der Waals surface area contributed by atoms with E-state index in [0.29, 0.717) is 11.1 Å². The van der Waals surface area contributed by atoms with Gasteiger partial charge >= 0.3 is 0 Å². The van der Waals surface area contributed by atoms with Gasteiger partial charge in [-0.05, 0) is 23.3 Å². The summed E-state index contributed by atoms with van der Waals surface area (Å²) in [6, 6.07) is 1.87. The van der Waals surface area contributed by atoms with Crippen LogP contribution in [-0.4, -0.2) is 18.2 Å². The van der Waals surface area contributed by atoms with Gasteiger partial charge in [0.05, 0.1) is 11.2 Å². The van der Waals surface area contributed by atoms with Crippen LogP contribution >= 0.6 is 11.6 Å². The second kappa shape index (κ2) is 5.01. The summed E-state index contributed by atoms with van der Waals surface area (Å²) >= 11 is 5.99. The largest absolute Gasteiger partial charge is 0.362 e. The average molecular weight is 285 g/mol. The van der Waals surface area contributed by atoms with Crippen LogP contribution in [0, 0.1) is 5.82 Å². The second-order valence-corrected chi connectivity index (χ2v) is 9.94. The van der Waals surface area contributed by atoms with Crippen molar-refractivity contribution in [2.75, 3.05) is 0 Å². The molecule has 0 amide bonds. The van der Waals surface area contributed by atoms with Crippen molar-refractivity contribution < 1.29 is 4.39 Å². The van der Waals surface area contributed by atoms with Crippen molar-refractivity contribution in [1.82, 2.24) is 9.22 Å². The molecular weight excluding hydrogens is 267 g/mol. The Morgan fingerprint density at radius 3 is 2.44 bits per heavy atom. The number of nitrogens with zero attached hydrogens (tertiary/aromatic N) is 2. The summed E-state index contributed by atoms with van der Waals surface area (Å²) in [4.78, 5) is 4.23. The van der Waals surface area contributed by atoms with Crippen LogP contribution < -0.4 is 0 Å². The minimum absolute atomic E-state index is 0.180. The van der Waals surface area contributed by atoms with Crippen LogP contribution in [0.15, 0.2) is 18.5 Å². The van der Waals surface area contributed by atoms with Gasteiger partial charge in [0.15, 0.2) is 14.8 Å². The third-order valence-electron chi connectivity index (χ3n) is 3.32. The maximum atomic E-state index is 13.4. The van der Waals surface area contributed by atoms with E-state index in [1.807, 2.05) is 12.3 Å². The third kappa shape index (κ3) is 2.19. The zero-order valence-electron chi connectivity index (χ0n) is 11.1. The van der Waals surface area contributed by atoms with E-state index in [9.17, 15) is 4.39 Å². The quantitative estimate of drug-likeness (QED) is 0.772. The lowest BCUT2D eigenvalue weighted by molar-refractivity contribution is 0.624. The number of rotatable bonds is 3. The summed E-state index contributed by atoms with van der Waals surface area (Å²) in [5.41, 5.74) is 2.05. The molecule has 0 radical (unpaired) electrons. The molecule has 0 aromatic carbocycles. The lowest BCUT2D eigenvalue weighted by atomic mass is 10.3. The van der Waals surface area contributed by atoms with Crippen LogP contribution in [0.2, 0.25) is 16.1 Å². The first kappa shape index (κ1) is 13.6. The molecule has 2 rings (SSSR count). The molecule has 0 saturated heterocycles. The smallest absolute Gasteiger partial charge is 0.160 e. The summed E-state index contributed by atoms with van der Waals surface area (Å²) in [7, 11) is -1.20. The van der Waals surface area contributed by atoms with E-state index in [1.54, 1.807) is 0 Å². The van der Waals surface area contributed by atoms with Crippen molar-refractivity contribution in [1.29, 1.82) is 0 Å². The molecule has 0 aliphatic carbocycles. The van der Waals surface area contributed by atoms with Crippen LogP contribution in [0.1, 0.15) is 27.7 Å². The Morgan fingerprint density at radius 1 is 1.28 bits per heavy atom. The van der Waals surface area contributed by atoms with Gasteiger partial charge < -0.3 is 4.23 Å². The van der Waals surface area contributed by atoms with E-state index in [4.69, 9.17) is 11.6 Å². The lowest BCUT2D eigenvalue weighted by Gasteiger charge is -2.25. The highest BCUT2D eigenvalue weighted by atomic mass is 35.5. The van der Waals surface area contributed by atoms with Gasteiger partial charge in [0, 0.05) is 5.39 Å². The highest BCUT2D eigenvalue weighted by Gasteiger charge is 2.24. The Labute approximate surface area is 113 Å². The van der Waals surface area contributed by atoms with E-state index in [2.05, 4.69) is 36.9 Å². The van der Waals surface area contributed by atoms with E-state index in [-0.39, 0.29) is 5.02 Å². The molecule has 0 saturated carbocycles. The molecule has 0 aliphatic rings. The SMILES string of the molecule is CC(C)[SiH](C(C)C)n1ccc2c(Cl)c(F)cnc21. The first-order chi connectivity index (χ1) is 8.43. The highest BCUT2D eigenvalue weighted by Crippen LogP contribution is 2.29. The molecule has 2 aromatic rings. The van der Waals surface area contributed by atoms with Crippen LogP contribution in [0.3, 0.4) is 0 Å². The summed E-state index contributed by atoms with van der Waals surface area (Å²) in [6.45, 7) is 8.98. The molecule has 0 atom stereocenters. The van der Waals surface area contributed by atoms with Crippen LogP contribution in [-0.2, 0) is 0 Å². The average Bonchev–Trinajstić information content (AvgIpc) is 2.67. The topological polar surface area (TPSA) is 17.8 Å². The van der Waals surface area contributed by atoms with E-state index < -0.39 is 14.8 Å². The summed E-state index contributed by atoms with van der Waals surface area (Å²) < 4.78 is 15.6. The molecule has 0 bridgehead atoms. The summed E-state index contributed by atoms with van der Waals surface area (Å²) in [5.74, 6) is -0.450. The van der Waals surface area contributed by atoms with Crippen molar-refractivity contribution >= 4 is 31.6 Å². The van der Waals surface area contributed by atoms with Crippen LogP contribution in [0.5, 0.6) is 0 Å². The van der Waals surface area contributed by atoms with Gasteiger partial charge in [0.25, 0.3) is 0 Å². The molecule has 2 nitrogen and oxygen atoms in total. The molecule has 0 fully saturated rings. The monoisotopic (exact) mass is 284 g/mol. The lowest BCUT2D eigenvalue weighted by Crippen LogP contribution is -2.30. The Hall–Kier alpha value is -0.873. The fraction of sp³-hybridized carbons (Fsp3) is 0.462. The van der Waals surface area contributed by atoms with Crippen molar-refractivity contribution in [2.45, 2.75) is 38.8 Å². The molecule has 0 aliphatic heterocycles. The number of aromatic nitrogens is 2. The van der Waals surface area contributed by atoms with Gasteiger partial charge in [-0.3, -0.25) is 0 Å². The fourth-order valence-electron chi connectivity index (χ4n) is 2.70. The third-order valence-corrected chi connectivity index (χ3v) is 7.50. The molecule has 0 unspecified atom stereocenters. The number of pyridine rings is 1. The van der Waals surface area contributed by atoms with Crippen molar-refractivity contribution in [3.8, 4) is 0 Å². The normalized spacial score (nSPS) is 12.3. The predicted molar refractivity (Wildman–Crippen MR) is 77.4 cm³/mol. The minimum Gasteiger partial charge on any atom is -0.362 e. The Balaban J connectivity index is 2.62. The van der Waals surface area contributed by atoms with E-state index in [0.717, 1.165) is 11.0 Å². The van der Waals surface area contributed by atoms with Crippen molar-refractivity contribution in [3.05, 3.63) is 29.3 Å². The zero-order chi connectivity index (χ0) is 13.4. The first-order valence-corrected chi connectivity index (χ1v) is 8.46. The first-order valence-electron chi connectivity index (χ1n) is 6.24. The molecule has 2 aromatic heterocycles. The summed E-state index contributed by atoms with van der Waals surface area (Å²) in [5, 5.41) is 0.898. The van der Waals surface area contributed by atoms with E-state index >= 15 is 0 Å². The number of fused-ring (bicyclic) bond motifs is 1. The summed E-state index contributed by atoms with van der Waals surface area (Å²) in [6.07, 6.45) is 3.23. The van der Waals surface area contributed by atoms with Gasteiger partial charge in [0.2, 0.25) is 0 Å². The Morgan fingerprint density at radius 2 is 1.89 bits per heavy atom. The van der Waals surface area contributed by atoms with Crippen LogP contribution in [0.25, 0.3) is 11.0 Å². The van der Waals surface area contributed by atoms with Gasteiger partial charge in [0.1, 0.15) is 5.65 Å². The highest BCUT2D eigenvalue weighted by molar-refractivity contribution is 6.61. The van der Waals surface area contributed by atoms with Gasteiger partial charge in [-0.2, -0.15) is 0 Å². The Bertz CT molecular complexity index is 557. The van der Waals surface area contributed by atoms with Gasteiger partial charge in [-0.1, -0.05) is 39.3 Å². The van der Waals surface area contributed by atoms with Crippen LogP contribution in [0.4, 0.5) is 4.39 Å². The van der Waals surface area contributed by atoms with Crippen molar-refractivity contribution in [3.63, 3.8) is 0 Å². The fourth-order valence-corrected chi connectivity index (χ4v) is 6.50. The van der Waals surface area contributed by atoms with Gasteiger partial charge in [-0.25, -0.2) is 9.37 Å². The van der Waals surface area contributed by atoms with Crippen molar-refractivity contribution in [2.24, 2.45) is 0 Å². The molecule has 18 heavy (non-hydrogen) atoms. The molecule has 0 spiro atoms.